The highest BCUT2D eigenvalue weighted by Crippen LogP contribution is 2.25. The predicted molar refractivity (Wildman–Crippen MR) is 117 cm³/mol. The summed E-state index contributed by atoms with van der Waals surface area (Å²) in [4.78, 5) is 4.58. The van der Waals surface area contributed by atoms with E-state index in [9.17, 15) is 0 Å². The highest BCUT2D eigenvalue weighted by molar-refractivity contribution is 7.14. The summed E-state index contributed by atoms with van der Waals surface area (Å²) < 4.78 is 1.71. The summed E-state index contributed by atoms with van der Waals surface area (Å²) in [5.74, 6) is 0. The van der Waals surface area contributed by atoms with E-state index in [0.29, 0.717) is 5.15 Å². The third-order valence-corrected chi connectivity index (χ3v) is 5.36. The van der Waals surface area contributed by atoms with Crippen molar-refractivity contribution >= 4 is 34.3 Å². The zero-order chi connectivity index (χ0) is 19.5. The van der Waals surface area contributed by atoms with Crippen LogP contribution >= 0.6 is 22.9 Å². The fourth-order valence-electron chi connectivity index (χ4n) is 2.73. The van der Waals surface area contributed by atoms with Crippen LogP contribution in [0.5, 0.6) is 0 Å². The summed E-state index contributed by atoms with van der Waals surface area (Å²) in [5.41, 5.74) is 8.70. The minimum atomic E-state index is 0.522. The topological polar surface area (TPSA) is 55.1 Å². The number of hydrazone groups is 1. The SMILES string of the molecule is Cc1ccc(-c2csc(NN=Cc3c(C)nn(-c4ccccc4)c3Cl)n2)cc1. The van der Waals surface area contributed by atoms with Crippen molar-refractivity contribution < 1.29 is 0 Å². The minimum Gasteiger partial charge on any atom is -0.253 e. The van der Waals surface area contributed by atoms with Gasteiger partial charge in [-0.2, -0.15) is 10.2 Å². The number of anilines is 1. The number of nitrogens with zero attached hydrogens (tertiary/aromatic N) is 4. The fourth-order valence-corrected chi connectivity index (χ4v) is 3.72. The van der Waals surface area contributed by atoms with Crippen LogP contribution in [-0.2, 0) is 0 Å². The van der Waals surface area contributed by atoms with Crippen molar-refractivity contribution in [3.8, 4) is 16.9 Å². The molecule has 0 aliphatic rings. The van der Waals surface area contributed by atoms with Crippen LogP contribution in [0, 0.1) is 13.8 Å². The van der Waals surface area contributed by atoms with Crippen LogP contribution in [0.4, 0.5) is 5.13 Å². The molecule has 0 bridgehead atoms. The van der Waals surface area contributed by atoms with E-state index in [2.05, 4.69) is 51.8 Å². The van der Waals surface area contributed by atoms with E-state index in [0.717, 1.165) is 33.3 Å². The first-order valence-corrected chi connectivity index (χ1v) is 10.00. The summed E-state index contributed by atoms with van der Waals surface area (Å²) in [6.07, 6.45) is 1.68. The summed E-state index contributed by atoms with van der Waals surface area (Å²) in [6, 6.07) is 18.1. The van der Waals surface area contributed by atoms with Gasteiger partial charge in [0.05, 0.1) is 28.9 Å². The molecule has 0 spiro atoms. The number of thiazole rings is 1. The second-order valence-corrected chi connectivity index (χ2v) is 7.53. The van der Waals surface area contributed by atoms with Gasteiger partial charge >= 0.3 is 0 Å². The summed E-state index contributed by atoms with van der Waals surface area (Å²) in [5, 5.41) is 12.1. The van der Waals surface area contributed by atoms with E-state index in [-0.39, 0.29) is 0 Å². The molecule has 2 heterocycles. The lowest BCUT2D eigenvalue weighted by atomic mass is 10.1. The summed E-state index contributed by atoms with van der Waals surface area (Å²) in [7, 11) is 0. The smallest absolute Gasteiger partial charge is 0.203 e. The van der Waals surface area contributed by atoms with Crippen molar-refractivity contribution in [1.82, 2.24) is 14.8 Å². The lowest BCUT2D eigenvalue weighted by Gasteiger charge is -2.01. The molecule has 2 aromatic heterocycles. The molecule has 0 fully saturated rings. The number of halogens is 1. The van der Waals surface area contributed by atoms with E-state index >= 15 is 0 Å². The highest BCUT2D eigenvalue weighted by atomic mass is 35.5. The zero-order valence-electron chi connectivity index (χ0n) is 15.4. The largest absolute Gasteiger partial charge is 0.253 e. The number of hydrogen-bond acceptors (Lipinski definition) is 5. The standard InChI is InChI=1S/C21H18ClN5S/c1-14-8-10-16(11-9-14)19-13-28-21(24-19)25-23-12-18-15(2)26-27(20(18)22)17-6-4-3-5-7-17/h3-13H,1-2H3,(H,24,25). The first kappa shape index (κ1) is 18.4. The summed E-state index contributed by atoms with van der Waals surface area (Å²) >= 11 is 8.02. The normalized spacial score (nSPS) is 11.2. The number of nitrogens with one attached hydrogen (secondary N) is 1. The van der Waals surface area contributed by atoms with Crippen LogP contribution in [0.2, 0.25) is 5.15 Å². The Hall–Kier alpha value is -2.96. The molecule has 0 saturated carbocycles. The third-order valence-electron chi connectivity index (χ3n) is 4.25. The maximum Gasteiger partial charge on any atom is 0.203 e. The minimum absolute atomic E-state index is 0.522. The Balaban J connectivity index is 1.50. The monoisotopic (exact) mass is 407 g/mol. The molecule has 28 heavy (non-hydrogen) atoms. The van der Waals surface area contributed by atoms with Gasteiger partial charge in [-0.05, 0) is 26.0 Å². The maximum atomic E-state index is 6.51. The Labute approximate surface area is 172 Å². The van der Waals surface area contributed by atoms with Gasteiger partial charge in [-0.3, -0.25) is 5.43 Å². The van der Waals surface area contributed by atoms with E-state index in [1.165, 1.54) is 16.9 Å². The number of para-hydroxylation sites is 1. The lowest BCUT2D eigenvalue weighted by molar-refractivity contribution is 0.863. The second-order valence-electron chi connectivity index (χ2n) is 6.31. The average molecular weight is 408 g/mol. The van der Waals surface area contributed by atoms with E-state index in [1.807, 2.05) is 42.6 Å². The Bertz CT molecular complexity index is 1110. The second kappa shape index (κ2) is 7.96. The number of hydrogen-bond donors (Lipinski definition) is 1. The molecular formula is C21H18ClN5S. The van der Waals surface area contributed by atoms with Gasteiger partial charge in [0.1, 0.15) is 5.15 Å². The predicted octanol–water partition coefficient (Wildman–Crippen LogP) is 5.71. The molecule has 2 aromatic carbocycles. The summed E-state index contributed by atoms with van der Waals surface area (Å²) in [6.45, 7) is 3.98. The maximum absolute atomic E-state index is 6.51. The van der Waals surface area contributed by atoms with Crippen molar-refractivity contribution in [2.75, 3.05) is 5.43 Å². The van der Waals surface area contributed by atoms with Gasteiger partial charge in [0.2, 0.25) is 5.13 Å². The fraction of sp³-hybridized carbons (Fsp3) is 0.0952. The van der Waals surface area contributed by atoms with Crippen LogP contribution in [0.25, 0.3) is 16.9 Å². The third kappa shape index (κ3) is 3.83. The van der Waals surface area contributed by atoms with Crippen molar-refractivity contribution in [1.29, 1.82) is 0 Å². The van der Waals surface area contributed by atoms with Crippen LogP contribution in [0.1, 0.15) is 16.8 Å². The van der Waals surface area contributed by atoms with Gasteiger partial charge in [-0.15, -0.1) is 11.3 Å². The molecule has 140 valence electrons. The van der Waals surface area contributed by atoms with Crippen LogP contribution in [0.3, 0.4) is 0 Å². The van der Waals surface area contributed by atoms with E-state index in [1.54, 1.807) is 10.9 Å². The van der Waals surface area contributed by atoms with Gasteiger partial charge in [0, 0.05) is 10.9 Å². The average Bonchev–Trinajstić information content (AvgIpc) is 3.29. The Kier molecular flexibility index (Phi) is 5.23. The van der Waals surface area contributed by atoms with Gasteiger partial charge in [0.15, 0.2) is 0 Å². The van der Waals surface area contributed by atoms with Crippen molar-refractivity contribution in [2.24, 2.45) is 5.10 Å². The first-order chi connectivity index (χ1) is 13.6. The Morgan fingerprint density at radius 2 is 1.82 bits per heavy atom. The Morgan fingerprint density at radius 3 is 2.57 bits per heavy atom. The van der Waals surface area contributed by atoms with Crippen LogP contribution in [-0.4, -0.2) is 21.0 Å². The van der Waals surface area contributed by atoms with Gasteiger partial charge in [-0.1, -0.05) is 59.6 Å². The molecule has 0 amide bonds. The molecule has 0 atom stereocenters. The quantitative estimate of drug-likeness (QED) is 0.340. The molecule has 1 N–H and O–H groups in total. The Morgan fingerprint density at radius 1 is 1.07 bits per heavy atom. The number of aryl methyl sites for hydroxylation is 2. The van der Waals surface area contributed by atoms with Gasteiger partial charge in [0.25, 0.3) is 0 Å². The number of aromatic nitrogens is 3. The number of benzene rings is 2. The molecular weight excluding hydrogens is 390 g/mol. The molecule has 5 nitrogen and oxygen atoms in total. The molecule has 0 unspecified atom stereocenters. The number of rotatable bonds is 5. The van der Waals surface area contributed by atoms with Gasteiger partial charge in [-0.25, -0.2) is 9.67 Å². The first-order valence-electron chi connectivity index (χ1n) is 8.74. The molecule has 7 heteroatoms. The molecule has 4 rings (SSSR count). The molecule has 0 radical (unpaired) electrons. The molecule has 4 aromatic rings. The molecule has 0 saturated heterocycles. The molecule has 0 aliphatic heterocycles. The van der Waals surface area contributed by atoms with Crippen molar-refractivity contribution in [3.05, 3.63) is 82.0 Å². The van der Waals surface area contributed by atoms with Crippen molar-refractivity contribution in [2.45, 2.75) is 13.8 Å². The lowest BCUT2D eigenvalue weighted by Crippen LogP contribution is -1.96. The van der Waals surface area contributed by atoms with Crippen LogP contribution in [0.15, 0.2) is 65.1 Å². The highest BCUT2D eigenvalue weighted by Gasteiger charge is 2.13. The van der Waals surface area contributed by atoms with Crippen LogP contribution < -0.4 is 5.43 Å². The van der Waals surface area contributed by atoms with Gasteiger partial charge < -0.3 is 0 Å². The molecule has 0 aliphatic carbocycles. The van der Waals surface area contributed by atoms with E-state index in [4.69, 9.17) is 11.6 Å². The zero-order valence-corrected chi connectivity index (χ0v) is 17.0. The van der Waals surface area contributed by atoms with E-state index < -0.39 is 0 Å². The van der Waals surface area contributed by atoms with Crippen molar-refractivity contribution in [3.63, 3.8) is 0 Å².